The second-order valence-electron chi connectivity index (χ2n) is 7.31. The molecule has 0 bridgehead atoms. The summed E-state index contributed by atoms with van der Waals surface area (Å²) in [5.41, 5.74) is -0.399. The monoisotopic (exact) mass is 304 g/mol. The summed E-state index contributed by atoms with van der Waals surface area (Å²) in [5.74, 6) is -0.0641. The highest BCUT2D eigenvalue weighted by Crippen LogP contribution is 2.43. The Balaban J connectivity index is 2.55. The van der Waals surface area contributed by atoms with Crippen LogP contribution in [0.4, 0.5) is 0 Å². The number of ether oxygens (including phenoxy) is 1. The molecular formula is C15H28O2S2. The maximum atomic E-state index is 12.0. The lowest BCUT2D eigenvalue weighted by Gasteiger charge is -2.33. The first-order valence-corrected chi connectivity index (χ1v) is 9.36. The molecule has 2 atom stereocenters. The van der Waals surface area contributed by atoms with Crippen molar-refractivity contribution in [3.8, 4) is 0 Å². The zero-order chi connectivity index (χ0) is 14.7. The third kappa shape index (κ3) is 6.44. The van der Waals surface area contributed by atoms with Crippen molar-refractivity contribution in [2.75, 3.05) is 0 Å². The molecule has 1 fully saturated rings. The molecule has 1 rings (SSSR count). The molecule has 112 valence electrons. The van der Waals surface area contributed by atoms with Gasteiger partial charge in [-0.3, -0.25) is 4.79 Å². The van der Waals surface area contributed by atoms with Gasteiger partial charge in [0.25, 0.3) is 0 Å². The van der Waals surface area contributed by atoms with Crippen molar-refractivity contribution < 1.29 is 9.53 Å². The fourth-order valence-corrected chi connectivity index (χ4v) is 4.72. The van der Waals surface area contributed by atoms with Gasteiger partial charge in [0.15, 0.2) is 0 Å². The van der Waals surface area contributed by atoms with Crippen LogP contribution in [0, 0.1) is 5.41 Å². The lowest BCUT2D eigenvalue weighted by Crippen LogP contribution is -2.36. The predicted octanol–water partition coefficient (Wildman–Crippen LogP) is 5.07. The SMILES string of the molecule is CC(C)(C)SSC1CCCCC1OC(=O)C(C)(C)C. The fraction of sp³-hybridized carbons (Fsp3) is 0.933. The highest BCUT2D eigenvalue weighted by Gasteiger charge is 2.33. The van der Waals surface area contributed by atoms with Crippen molar-refractivity contribution in [2.24, 2.45) is 5.41 Å². The first kappa shape index (κ1) is 17.2. The van der Waals surface area contributed by atoms with Gasteiger partial charge in [-0.05, 0) is 40.0 Å². The topological polar surface area (TPSA) is 26.3 Å². The number of carbonyl (C=O) groups is 1. The first-order chi connectivity index (χ1) is 8.59. The van der Waals surface area contributed by atoms with Gasteiger partial charge in [0.2, 0.25) is 0 Å². The quantitative estimate of drug-likeness (QED) is 0.537. The molecule has 2 unspecified atom stereocenters. The van der Waals surface area contributed by atoms with E-state index >= 15 is 0 Å². The Morgan fingerprint density at radius 2 is 1.63 bits per heavy atom. The Labute approximate surface area is 126 Å². The molecule has 0 amide bonds. The minimum absolute atomic E-state index is 0.0641. The summed E-state index contributed by atoms with van der Waals surface area (Å²) < 4.78 is 6.01. The van der Waals surface area contributed by atoms with Crippen LogP contribution in [0.25, 0.3) is 0 Å². The molecule has 1 aliphatic rings. The van der Waals surface area contributed by atoms with E-state index in [0.29, 0.717) is 5.25 Å². The van der Waals surface area contributed by atoms with E-state index in [2.05, 4.69) is 20.8 Å². The van der Waals surface area contributed by atoms with Crippen LogP contribution in [-0.4, -0.2) is 22.1 Å². The number of hydrogen-bond acceptors (Lipinski definition) is 4. The number of rotatable bonds is 3. The predicted molar refractivity (Wildman–Crippen MR) is 86.5 cm³/mol. The van der Waals surface area contributed by atoms with Crippen molar-refractivity contribution in [1.29, 1.82) is 0 Å². The Kier molecular flexibility index (Phi) is 6.12. The molecule has 0 saturated heterocycles. The summed E-state index contributed by atoms with van der Waals surface area (Å²) in [5, 5.41) is 0.448. The van der Waals surface area contributed by atoms with Crippen LogP contribution in [0.1, 0.15) is 67.2 Å². The van der Waals surface area contributed by atoms with Gasteiger partial charge in [-0.2, -0.15) is 0 Å². The maximum absolute atomic E-state index is 12.0. The van der Waals surface area contributed by atoms with E-state index in [0.717, 1.165) is 12.8 Å². The highest BCUT2D eigenvalue weighted by atomic mass is 33.1. The van der Waals surface area contributed by atoms with Gasteiger partial charge < -0.3 is 4.74 Å². The lowest BCUT2D eigenvalue weighted by molar-refractivity contribution is -0.159. The zero-order valence-corrected chi connectivity index (χ0v) is 14.7. The minimum Gasteiger partial charge on any atom is -0.461 e. The lowest BCUT2D eigenvalue weighted by atomic mass is 9.95. The van der Waals surface area contributed by atoms with E-state index in [1.54, 1.807) is 0 Å². The molecule has 4 heteroatoms. The molecule has 0 spiro atoms. The maximum Gasteiger partial charge on any atom is 0.311 e. The summed E-state index contributed by atoms with van der Waals surface area (Å²) >= 11 is 0. The van der Waals surface area contributed by atoms with Crippen LogP contribution in [0.3, 0.4) is 0 Å². The molecule has 1 aliphatic carbocycles. The molecule has 0 radical (unpaired) electrons. The van der Waals surface area contributed by atoms with E-state index in [9.17, 15) is 4.79 Å². The second kappa shape index (κ2) is 6.75. The van der Waals surface area contributed by atoms with Crippen LogP contribution >= 0.6 is 21.6 Å². The summed E-state index contributed by atoms with van der Waals surface area (Å²) in [7, 11) is 3.81. The van der Waals surface area contributed by atoms with Crippen molar-refractivity contribution in [3.63, 3.8) is 0 Å². The fourth-order valence-electron chi connectivity index (χ4n) is 1.83. The first-order valence-electron chi connectivity index (χ1n) is 7.15. The zero-order valence-electron chi connectivity index (χ0n) is 13.1. The Morgan fingerprint density at radius 3 is 2.16 bits per heavy atom. The van der Waals surface area contributed by atoms with E-state index in [-0.39, 0.29) is 16.8 Å². The van der Waals surface area contributed by atoms with Gasteiger partial charge in [-0.25, -0.2) is 0 Å². The average Bonchev–Trinajstić information content (AvgIpc) is 2.25. The highest BCUT2D eigenvalue weighted by molar-refractivity contribution is 8.77. The second-order valence-corrected chi connectivity index (χ2v) is 10.6. The minimum atomic E-state index is -0.399. The van der Waals surface area contributed by atoms with Crippen LogP contribution in [-0.2, 0) is 9.53 Å². The Hall–Kier alpha value is 0.170. The van der Waals surface area contributed by atoms with E-state index in [4.69, 9.17) is 4.74 Å². The van der Waals surface area contributed by atoms with Crippen LogP contribution in [0.2, 0.25) is 0 Å². The molecule has 19 heavy (non-hydrogen) atoms. The number of esters is 1. The largest absolute Gasteiger partial charge is 0.461 e. The van der Waals surface area contributed by atoms with Crippen molar-refractivity contribution in [3.05, 3.63) is 0 Å². The van der Waals surface area contributed by atoms with Gasteiger partial charge >= 0.3 is 5.97 Å². The van der Waals surface area contributed by atoms with E-state index < -0.39 is 5.41 Å². The molecule has 0 aromatic carbocycles. The van der Waals surface area contributed by atoms with Gasteiger partial charge in [-0.1, -0.05) is 48.8 Å². The van der Waals surface area contributed by atoms with Gasteiger partial charge in [0.1, 0.15) is 6.10 Å². The van der Waals surface area contributed by atoms with Crippen LogP contribution < -0.4 is 0 Å². The molecular weight excluding hydrogens is 276 g/mol. The smallest absolute Gasteiger partial charge is 0.311 e. The van der Waals surface area contributed by atoms with Gasteiger partial charge in [0, 0.05) is 4.75 Å². The Bertz CT molecular complexity index is 302. The Morgan fingerprint density at radius 1 is 1.05 bits per heavy atom. The molecule has 1 saturated carbocycles. The average molecular weight is 305 g/mol. The molecule has 2 nitrogen and oxygen atoms in total. The van der Waals surface area contributed by atoms with E-state index in [1.165, 1.54) is 12.8 Å². The van der Waals surface area contributed by atoms with Crippen molar-refractivity contribution in [2.45, 2.75) is 83.3 Å². The standard InChI is InChI=1S/C15H28O2S2/c1-14(2,3)13(16)17-11-9-7-8-10-12(11)18-19-15(4,5)6/h11-12H,7-10H2,1-6H3. The third-order valence-electron chi connectivity index (χ3n) is 2.93. The summed E-state index contributed by atoms with van der Waals surface area (Å²) in [6.07, 6.45) is 4.71. The molecule has 0 aliphatic heterocycles. The summed E-state index contributed by atoms with van der Waals surface area (Å²) in [6.45, 7) is 12.4. The third-order valence-corrected chi connectivity index (χ3v) is 6.85. The van der Waals surface area contributed by atoms with Crippen LogP contribution in [0.15, 0.2) is 0 Å². The molecule has 0 N–H and O–H groups in total. The number of carbonyl (C=O) groups excluding carboxylic acids is 1. The molecule has 0 aromatic heterocycles. The van der Waals surface area contributed by atoms with Crippen LogP contribution in [0.5, 0.6) is 0 Å². The molecule has 0 heterocycles. The van der Waals surface area contributed by atoms with Gasteiger partial charge in [0.05, 0.1) is 10.7 Å². The van der Waals surface area contributed by atoms with Crippen molar-refractivity contribution >= 4 is 27.6 Å². The summed E-state index contributed by atoms with van der Waals surface area (Å²) in [6, 6.07) is 0. The normalized spacial score (nSPS) is 25.2. The summed E-state index contributed by atoms with van der Waals surface area (Å²) in [4.78, 5) is 12.0. The number of hydrogen-bond donors (Lipinski definition) is 0. The molecule has 0 aromatic rings. The van der Waals surface area contributed by atoms with Gasteiger partial charge in [-0.15, -0.1) is 0 Å². The van der Waals surface area contributed by atoms with Crippen molar-refractivity contribution in [1.82, 2.24) is 0 Å². The van der Waals surface area contributed by atoms with E-state index in [1.807, 2.05) is 42.4 Å².